The number of rotatable bonds is 5. The van der Waals surface area contributed by atoms with Gasteiger partial charge in [-0.15, -0.1) is 0 Å². The zero-order chi connectivity index (χ0) is 15.3. The molecule has 21 heavy (non-hydrogen) atoms. The lowest BCUT2D eigenvalue weighted by Crippen LogP contribution is -2.28. The van der Waals surface area contributed by atoms with Crippen molar-refractivity contribution in [2.45, 2.75) is 62.9 Å². The molecule has 1 aliphatic carbocycles. The van der Waals surface area contributed by atoms with Gasteiger partial charge in [-0.3, -0.25) is 0 Å². The van der Waals surface area contributed by atoms with Crippen LogP contribution in [0, 0.1) is 5.92 Å². The van der Waals surface area contributed by atoms with Gasteiger partial charge in [0, 0.05) is 12.6 Å². The van der Waals surface area contributed by atoms with Crippen molar-refractivity contribution in [3.8, 4) is 0 Å². The standard InChI is InChI=1S/C16H26N2O2S/c1-2-13-4-3-5-15(9-6-13)18-12-14-7-10-16(11-8-14)21(17,19)20/h7-8,10-11,13,15,18H,2-6,9,12H2,1H3,(H2,17,19,20). The Morgan fingerprint density at radius 3 is 2.48 bits per heavy atom. The fraction of sp³-hybridized carbons (Fsp3) is 0.625. The van der Waals surface area contributed by atoms with E-state index >= 15 is 0 Å². The molecule has 2 rings (SSSR count). The minimum absolute atomic E-state index is 0.173. The average Bonchev–Trinajstić information content (AvgIpc) is 2.69. The molecule has 0 spiro atoms. The van der Waals surface area contributed by atoms with E-state index in [4.69, 9.17) is 5.14 Å². The Labute approximate surface area is 128 Å². The van der Waals surface area contributed by atoms with E-state index in [2.05, 4.69) is 12.2 Å². The van der Waals surface area contributed by atoms with Crippen LogP contribution in [0.2, 0.25) is 0 Å². The number of hydrogen-bond acceptors (Lipinski definition) is 3. The third-order valence-corrected chi connectivity index (χ3v) is 5.44. The highest BCUT2D eigenvalue weighted by Crippen LogP contribution is 2.25. The molecule has 0 amide bonds. The zero-order valence-electron chi connectivity index (χ0n) is 12.7. The molecule has 1 aromatic rings. The molecule has 0 bridgehead atoms. The van der Waals surface area contributed by atoms with E-state index < -0.39 is 10.0 Å². The summed E-state index contributed by atoms with van der Waals surface area (Å²) in [5, 5.41) is 8.70. The molecule has 0 heterocycles. The van der Waals surface area contributed by atoms with Crippen LogP contribution in [0.4, 0.5) is 0 Å². The molecule has 1 saturated carbocycles. The first-order chi connectivity index (χ1) is 9.99. The number of nitrogens with two attached hydrogens (primary N) is 1. The highest BCUT2D eigenvalue weighted by Gasteiger charge is 2.17. The highest BCUT2D eigenvalue weighted by atomic mass is 32.2. The van der Waals surface area contributed by atoms with Crippen LogP contribution in [0.5, 0.6) is 0 Å². The van der Waals surface area contributed by atoms with Crippen LogP contribution in [0.25, 0.3) is 0 Å². The van der Waals surface area contributed by atoms with Crippen molar-refractivity contribution in [2.24, 2.45) is 11.1 Å². The molecule has 4 nitrogen and oxygen atoms in total. The summed E-state index contributed by atoms with van der Waals surface area (Å²) in [5.41, 5.74) is 1.10. The Hall–Kier alpha value is -0.910. The minimum Gasteiger partial charge on any atom is -0.310 e. The molecule has 0 aromatic heterocycles. The fourth-order valence-corrected chi connectivity index (χ4v) is 3.57. The average molecular weight is 310 g/mol. The van der Waals surface area contributed by atoms with E-state index in [0.717, 1.165) is 18.0 Å². The van der Waals surface area contributed by atoms with Crippen LogP contribution in [0.15, 0.2) is 29.2 Å². The zero-order valence-corrected chi connectivity index (χ0v) is 13.5. The van der Waals surface area contributed by atoms with Crippen LogP contribution in [-0.2, 0) is 16.6 Å². The number of hydrogen-bond donors (Lipinski definition) is 2. The molecule has 0 saturated heterocycles. The van der Waals surface area contributed by atoms with Crippen LogP contribution in [0.1, 0.15) is 51.0 Å². The monoisotopic (exact) mass is 310 g/mol. The maximum Gasteiger partial charge on any atom is 0.238 e. The first-order valence-electron chi connectivity index (χ1n) is 7.84. The van der Waals surface area contributed by atoms with Crippen molar-refractivity contribution in [2.75, 3.05) is 0 Å². The lowest BCUT2D eigenvalue weighted by atomic mass is 9.98. The number of primary sulfonamides is 1. The summed E-state index contributed by atoms with van der Waals surface area (Å²) >= 11 is 0. The van der Waals surface area contributed by atoms with E-state index in [1.165, 1.54) is 38.5 Å². The quantitative estimate of drug-likeness (QED) is 0.821. The summed E-state index contributed by atoms with van der Waals surface area (Å²) in [4.78, 5) is 0.173. The molecule has 2 atom stereocenters. The Morgan fingerprint density at radius 1 is 1.14 bits per heavy atom. The second kappa shape index (κ2) is 7.38. The van der Waals surface area contributed by atoms with Gasteiger partial charge in [0.15, 0.2) is 0 Å². The van der Waals surface area contributed by atoms with Crippen molar-refractivity contribution in [1.82, 2.24) is 5.32 Å². The second-order valence-corrected chi connectivity index (χ2v) is 7.61. The van der Waals surface area contributed by atoms with E-state index in [1.807, 2.05) is 12.1 Å². The first kappa shape index (κ1) is 16.5. The molecule has 1 aromatic carbocycles. The summed E-state index contributed by atoms with van der Waals surface area (Å²) in [6, 6.07) is 7.40. The predicted octanol–water partition coefficient (Wildman–Crippen LogP) is 2.78. The van der Waals surface area contributed by atoms with Crippen LogP contribution in [0.3, 0.4) is 0 Å². The SMILES string of the molecule is CCC1CCCC(NCc2ccc(S(N)(=O)=O)cc2)CC1. The summed E-state index contributed by atoms with van der Waals surface area (Å²) in [6.45, 7) is 3.07. The van der Waals surface area contributed by atoms with E-state index in [-0.39, 0.29) is 4.90 Å². The van der Waals surface area contributed by atoms with Gasteiger partial charge < -0.3 is 5.32 Å². The smallest absolute Gasteiger partial charge is 0.238 e. The van der Waals surface area contributed by atoms with Gasteiger partial charge in [-0.25, -0.2) is 13.6 Å². The maximum absolute atomic E-state index is 11.2. The van der Waals surface area contributed by atoms with Crippen molar-refractivity contribution in [3.63, 3.8) is 0 Å². The van der Waals surface area contributed by atoms with Crippen molar-refractivity contribution in [1.29, 1.82) is 0 Å². The molecular formula is C16H26N2O2S. The molecule has 1 fully saturated rings. The largest absolute Gasteiger partial charge is 0.310 e. The lowest BCUT2D eigenvalue weighted by Gasteiger charge is -2.16. The van der Waals surface area contributed by atoms with E-state index in [1.54, 1.807) is 12.1 Å². The van der Waals surface area contributed by atoms with Crippen molar-refractivity contribution in [3.05, 3.63) is 29.8 Å². The number of sulfonamides is 1. The van der Waals surface area contributed by atoms with E-state index in [9.17, 15) is 8.42 Å². The molecule has 118 valence electrons. The normalized spacial score (nSPS) is 23.7. The van der Waals surface area contributed by atoms with Crippen LogP contribution in [-0.4, -0.2) is 14.5 Å². The summed E-state index contributed by atoms with van der Waals surface area (Å²) in [5.74, 6) is 0.894. The van der Waals surface area contributed by atoms with Crippen LogP contribution >= 0.6 is 0 Å². The molecular weight excluding hydrogens is 284 g/mol. The predicted molar refractivity (Wildman–Crippen MR) is 85.3 cm³/mol. The molecule has 1 aliphatic rings. The third kappa shape index (κ3) is 5.09. The van der Waals surface area contributed by atoms with E-state index in [0.29, 0.717) is 6.04 Å². The van der Waals surface area contributed by atoms with Gasteiger partial charge in [0.25, 0.3) is 0 Å². The fourth-order valence-electron chi connectivity index (χ4n) is 3.05. The Balaban J connectivity index is 1.85. The first-order valence-corrected chi connectivity index (χ1v) is 9.38. The number of nitrogens with one attached hydrogen (secondary N) is 1. The molecule has 0 aliphatic heterocycles. The molecule has 0 radical (unpaired) electrons. The minimum atomic E-state index is -3.59. The molecule has 3 N–H and O–H groups in total. The summed E-state index contributed by atoms with van der Waals surface area (Å²) in [6.07, 6.45) is 7.76. The second-order valence-electron chi connectivity index (χ2n) is 6.05. The number of benzene rings is 1. The Kier molecular flexibility index (Phi) is 5.79. The lowest BCUT2D eigenvalue weighted by molar-refractivity contribution is 0.425. The van der Waals surface area contributed by atoms with Gasteiger partial charge in [-0.05, 0) is 42.9 Å². The third-order valence-electron chi connectivity index (χ3n) is 4.51. The topological polar surface area (TPSA) is 72.2 Å². The molecule has 5 heteroatoms. The van der Waals surface area contributed by atoms with Crippen molar-refractivity contribution >= 4 is 10.0 Å². The van der Waals surface area contributed by atoms with Gasteiger partial charge in [0.1, 0.15) is 0 Å². The van der Waals surface area contributed by atoms with Gasteiger partial charge in [-0.2, -0.15) is 0 Å². The van der Waals surface area contributed by atoms with Crippen molar-refractivity contribution < 1.29 is 8.42 Å². The Bertz CT molecular complexity index is 540. The summed E-state index contributed by atoms with van der Waals surface area (Å²) in [7, 11) is -3.59. The van der Waals surface area contributed by atoms with Crippen LogP contribution < -0.4 is 10.5 Å². The summed E-state index contributed by atoms with van der Waals surface area (Å²) < 4.78 is 22.4. The van der Waals surface area contributed by atoms with Gasteiger partial charge in [0.05, 0.1) is 4.90 Å². The molecule has 2 unspecified atom stereocenters. The van der Waals surface area contributed by atoms with Gasteiger partial charge >= 0.3 is 0 Å². The van der Waals surface area contributed by atoms with Gasteiger partial charge in [-0.1, -0.05) is 38.3 Å². The highest BCUT2D eigenvalue weighted by molar-refractivity contribution is 7.89. The maximum atomic E-state index is 11.2. The Morgan fingerprint density at radius 2 is 1.86 bits per heavy atom. The van der Waals surface area contributed by atoms with Gasteiger partial charge in [0.2, 0.25) is 10.0 Å².